The lowest BCUT2D eigenvalue weighted by atomic mass is 10.00. The molecule has 19 heteroatoms. The van der Waals surface area contributed by atoms with E-state index in [2.05, 4.69) is 41.5 Å². The summed E-state index contributed by atoms with van der Waals surface area (Å²) in [5.74, 6) is -0.593. The lowest BCUT2D eigenvalue weighted by Crippen LogP contribution is -2.30. The molecule has 0 aromatic heterocycles. The molecule has 3 N–H and O–H groups in total. The van der Waals surface area contributed by atoms with E-state index in [0.29, 0.717) is 25.7 Å². The number of carbonyl (C=O) groups is 4. The van der Waals surface area contributed by atoms with Crippen LogP contribution in [-0.4, -0.2) is 96.7 Å². The Kier molecular flexibility index (Phi) is 66.5. The van der Waals surface area contributed by atoms with Gasteiger partial charge in [0.2, 0.25) is 0 Å². The van der Waals surface area contributed by atoms with Crippen molar-refractivity contribution in [2.24, 2.45) is 11.8 Å². The highest BCUT2D eigenvalue weighted by atomic mass is 31.2. The SMILES string of the molecule is CCCCCCCCCCCCCCCCCCCCC(=O)O[C@H](COC(=O)CCCCCCCCCCCCCCCC(C)C)COP(=O)(O)OC[C@@H](O)COP(=O)(O)OC[C@@H](COC(=O)CCCCCCCCC(C)CC)OC(=O)CCCCCCCCCCCCC. The van der Waals surface area contributed by atoms with Gasteiger partial charge in [-0.15, -0.1) is 0 Å². The fourth-order valence-corrected chi connectivity index (χ4v) is 13.2. The van der Waals surface area contributed by atoms with Crippen molar-refractivity contribution >= 4 is 39.5 Å². The number of aliphatic hydroxyl groups is 1. The maximum absolute atomic E-state index is 13.1. The van der Waals surface area contributed by atoms with Crippen LogP contribution >= 0.6 is 15.6 Å². The van der Waals surface area contributed by atoms with E-state index in [1.54, 1.807) is 0 Å². The van der Waals surface area contributed by atoms with E-state index >= 15 is 0 Å². The highest BCUT2D eigenvalue weighted by molar-refractivity contribution is 7.47. The van der Waals surface area contributed by atoms with Gasteiger partial charge in [-0.25, -0.2) is 9.13 Å². The molecule has 0 saturated carbocycles. The Bertz CT molecular complexity index is 1840. The van der Waals surface area contributed by atoms with Crippen LogP contribution in [0.1, 0.15) is 395 Å². The van der Waals surface area contributed by atoms with Crippen LogP contribution in [0.5, 0.6) is 0 Å². The minimum absolute atomic E-state index is 0.106. The molecule has 0 aromatic carbocycles. The molecule has 6 atom stereocenters. The molecule has 0 fully saturated rings. The van der Waals surface area contributed by atoms with Crippen LogP contribution in [0.25, 0.3) is 0 Å². The molecule has 0 radical (unpaired) electrons. The summed E-state index contributed by atoms with van der Waals surface area (Å²) < 4.78 is 68.5. The average molecular weight is 1400 g/mol. The second-order valence-corrected chi connectivity index (χ2v) is 31.0. The van der Waals surface area contributed by atoms with Crippen molar-refractivity contribution in [3.8, 4) is 0 Å². The predicted octanol–water partition coefficient (Wildman–Crippen LogP) is 22.3. The minimum Gasteiger partial charge on any atom is -0.462 e. The Morgan fingerprint density at radius 2 is 0.537 bits per heavy atom. The molecule has 0 spiro atoms. The van der Waals surface area contributed by atoms with E-state index < -0.39 is 97.5 Å². The van der Waals surface area contributed by atoms with Gasteiger partial charge in [-0.05, 0) is 37.5 Å². The number of aliphatic hydroxyl groups excluding tert-OH is 1. The zero-order chi connectivity index (χ0) is 70.0. The molecule has 0 aliphatic heterocycles. The monoisotopic (exact) mass is 1400 g/mol. The lowest BCUT2D eigenvalue weighted by molar-refractivity contribution is -0.161. The molecule has 564 valence electrons. The predicted molar refractivity (Wildman–Crippen MR) is 386 cm³/mol. The number of phosphoric acid groups is 2. The molecule has 3 unspecified atom stereocenters. The third kappa shape index (κ3) is 69.0. The first-order valence-electron chi connectivity index (χ1n) is 39.5. The van der Waals surface area contributed by atoms with Crippen LogP contribution in [-0.2, 0) is 65.4 Å². The second-order valence-electron chi connectivity index (χ2n) is 28.1. The van der Waals surface area contributed by atoms with Crippen LogP contribution in [0.15, 0.2) is 0 Å². The second kappa shape index (κ2) is 67.9. The van der Waals surface area contributed by atoms with E-state index in [4.69, 9.17) is 37.0 Å². The van der Waals surface area contributed by atoms with Crippen molar-refractivity contribution < 1.29 is 80.2 Å². The van der Waals surface area contributed by atoms with Crippen LogP contribution in [0.2, 0.25) is 0 Å². The van der Waals surface area contributed by atoms with E-state index in [0.717, 1.165) is 108 Å². The van der Waals surface area contributed by atoms with Crippen LogP contribution in [0.3, 0.4) is 0 Å². The molecule has 17 nitrogen and oxygen atoms in total. The molecule has 0 bridgehead atoms. The Morgan fingerprint density at radius 1 is 0.305 bits per heavy atom. The van der Waals surface area contributed by atoms with Crippen molar-refractivity contribution in [2.75, 3.05) is 39.6 Å². The Labute approximate surface area is 581 Å². The Hall–Kier alpha value is -1.94. The fraction of sp³-hybridized carbons (Fsp3) is 0.947. The van der Waals surface area contributed by atoms with E-state index in [1.807, 2.05) is 0 Å². The van der Waals surface area contributed by atoms with Crippen molar-refractivity contribution in [1.29, 1.82) is 0 Å². The summed E-state index contributed by atoms with van der Waals surface area (Å²) in [4.78, 5) is 72.8. The van der Waals surface area contributed by atoms with Gasteiger partial charge in [0.25, 0.3) is 0 Å². The Balaban J connectivity index is 5.23. The number of hydrogen-bond acceptors (Lipinski definition) is 15. The summed E-state index contributed by atoms with van der Waals surface area (Å²) in [5, 5.41) is 10.6. The van der Waals surface area contributed by atoms with E-state index in [9.17, 15) is 43.2 Å². The van der Waals surface area contributed by atoms with Crippen LogP contribution < -0.4 is 0 Å². The minimum atomic E-state index is -4.96. The zero-order valence-corrected chi connectivity index (χ0v) is 63.8. The van der Waals surface area contributed by atoms with E-state index in [-0.39, 0.29) is 25.7 Å². The van der Waals surface area contributed by atoms with Gasteiger partial charge in [-0.3, -0.25) is 37.3 Å². The zero-order valence-electron chi connectivity index (χ0n) is 62.0. The summed E-state index contributed by atoms with van der Waals surface area (Å²) in [7, 11) is -9.91. The standard InChI is InChI=1S/C76H148O17P2/c1-7-10-12-14-16-18-20-21-22-23-24-25-28-33-37-41-49-55-61-76(81)92-71(64-86-73(78)58-52-46-39-35-32-29-26-27-31-34-38-44-50-56-68(4)5)66-90-94(82,83)88-62-70(77)63-89-95(84,85)91-67-72(65-87-74(79)59-53-47-43-42-45-51-57-69(6)9-3)93-75(80)60-54-48-40-36-30-19-17-15-13-11-8-2/h68-72,77H,7-67H2,1-6H3,(H,82,83)(H,84,85)/t69?,70-,71-,72-/m1/s1. The van der Waals surface area contributed by atoms with Gasteiger partial charge < -0.3 is 33.8 Å². The highest BCUT2D eigenvalue weighted by Crippen LogP contribution is 2.45. The summed E-state index contributed by atoms with van der Waals surface area (Å²) >= 11 is 0. The molecule has 0 aliphatic carbocycles. The van der Waals surface area contributed by atoms with Gasteiger partial charge in [0.15, 0.2) is 12.2 Å². The number of ether oxygens (including phenoxy) is 4. The number of rotatable bonds is 75. The van der Waals surface area contributed by atoms with Crippen molar-refractivity contribution in [1.82, 2.24) is 0 Å². The van der Waals surface area contributed by atoms with Crippen LogP contribution in [0, 0.1) is 11.8 Å². The molecule has 95 heavy (non-hydrogen) atoms. The number of phosphoric ester groups is 2. The van der Waals surface area contributed by atoms with Crippen molar-refractivity contribution in [2.45, 2.75) is 413 Å². The third-order valence-corrected chi connectivity index (χ3v) is 20.0. The van der Waals surface area contributed by atoms with Crippen molar-refractivity contribution in [3.63, 3.8) is 0 Å². The summed E-state index contributed by atoms with van der Waals surface area (Å²) in [6.45, 7) is 9.57. The molecule has 0 heterocycles. The van der Waals surface area contributed by atoms with Crippen molar-refractivity contribution in [3.05, 3.63) is 0 Å². The quantitative estimate of drug-likeness (QED) is 0.0222. The molecule has 0 amide bonds. The summed E-state index contributed by atoms with van der Waals surface area (Å²) in [5.41, 5.74) is 0. The molecule has 0 aromatic rings. The normalized spacial score (nSPS) is 14.3. The fourth-order valence-electron chi connectivity index (χ4n) is 11.6. The summed E-state index contributed by atoms with van der Waals surface area (Å²) in [6, 6.07) is 0. The van der Waals surface area contributed by atoms with Gasteiger partial charge in [0, 0.05) is 25.7 Å². The lowest BCUT2D eigenvalue weighted by Gasteiger charge is -2.21. The molecule has 0 saturated heterocycles. The molecular formula is C76H148O17P2. The largest absolute Gasteiger partial charge is 0.472 e. The van der Waals surface area contributed by atoms with Gasteiger partial charge in [0.1, 0.15) is 19.3 Å². The first-order chi connectivity index (χ1) is 45.9. The molecule has 0 rings (SSSR count). The van der Waals surface area contributed by atoms with Gasteiger partial charge in [-0.1, -0.05) is 343 Å². The first kappa shape index (κ1) is 93.1. The number of esters is 4. The maximum Gasteiger partial charge on any atom is 0.472 e. The van der Waals surface area contributed by atoms with Gasteiger partial charge in [0.05, 0.1) is 26.4 Å². The first-order valence-corrected chi connectivity index (χ1v) is 42.5. The average Bonchev–Trinajstić information content (AvgIpc) is 3.29. The van der Waals surface area contributed by atoms with Crippen LogP contribution in [0.4, 0.5) is 0 Å². The number of hydrogen-bond donors (Lipinski definition) is 3. The van der Waals surface area contributed by atoms with Gasteiger partial charge >= 0.3 is 39.5 Å². The smallest absolute Gasteiger partial charge is 0.462 e. The highest BCUT2D eigenvalue weighted by Gasteiger charge is 2.30. The third-order valence-electron chi connectivity index (χ3n) is 18.1. The molecular weight excluding hydrogens is 1250 g/mol. The summed E-state index contributed by atoms with van der Waals surface area (Å²) in [6.07, 6.45) is 55.5. The van der Waals surface area contributed by atoms with E-state index in [1.165, 1.54) is 205 Å². The Morgan fingerprint density at radius 3 is 0.800 bits per heavy atom. The topological polar surface area (TPSA) is 237 Å². The maximum atomic E-state index is 13.1. The number of carbonyl (C=O) groups excluding carboxylic acids is 4. The van der Waals surface area contributed by atoms with Gasteiger partial charge in [-0.2, -0.15) is 0 Å². The molecule has 0 aliphatic rings. The number of unbranched alkanes of at least 4 members (excludes halogenated alkanes) is 44.